The first-order valence-corrected chi connectivity index (χ1v) is 13.0. The molecule has 4 aromatic rings. The fourth-order valence-electron chi connectivity index (χ4n) is 5.43. The van der Waals surface area contributed by atoms with E-state index in [1.165, 1.54) is 26.4 Å². The normalized spacial score (nSPS) is 19.8. The van der Waals surface area contributed by atoms with Crippen molar-refractivity contribution >= 4 is 39.8 Å². The molecule has 1 N–H and O–H groups in total. The van der Waals surface area contributed by atoms with E-state index in [0.29, 0.717) is 34.5 Å². The van der Waals surface area contributed by atoms with Gasteiger partial charge in [-0.2, -0.15) is 0 Å². The molecule has 0 bridgehead atoms. The first-order valence-electron chi connectivity index (χ1n) is 12.6. The molecule has 202 valence electrons. The van der Waals surface area contributed by atoms with Crippen molar-refractivity contribution in [1.29, 1.82) is 0 Å². The Bertz CT molecular complexity index is 1810. The molecule has 0 unspecified atom stereocenters. The van der Waals surface area contributed by atoms with E-state index in [1.54, 1.807) is 19.1 Å². The quantitative estimate of drug-likeness (QED) is 0.234. The number of fused-ring (bicyclic) bond motifs is 2. The van der Waals surface area contributed by atoms with Crippen LogP contribution >= 0.6 is 11.6 Å². The van der Waals surface area contributed by atoms with Crippen molar-refractivity contribution in [3.63, 3.8) is 0 Å². The number of para-hydroxylation sites is 1. The Kier molecular flexibility index (Phi) is 6.15. The van der Waals surface area contributed by atoms with Crippen LogP contribution in [0.2, 0.25) is 5.02 Å². The minimum Gasteiger partial charge on any atom is -0.496 e. The SMILES string of the molecule is COc1cc(OC)c2c(c1Cl)O[C@@]1(C(=O)C=C(Nc3cccc(-c4cc5ccccc5oc4=O)c3)C[C@H]1C)C2=O. The van der Waals surface area contributed by atoms with Crippen LogP contribution in [-0.4, -0.2) is 31.4 Å². The third kappa shape index (κ3) is 3.86. The van der Waals surface area contributed by atoms with Crippen LogP contribution in [0, 0.1) is 5.92 Å². The van der Waals surface area contributed by atoms with Gasteiger partial charge in [0.2, 0.25) is 17.2 Å². The van der Waals surface area contributed by atoms with Gasteiger partial charge in [-0.25, -0.2) is 4.79 Å². The Morgan fingerprint density at radius 1 is 0.975 bits per heavy atom. The number of halogens is 1. The van der Waals surface area contributed by atoms with E-state index in [-0.39, 0.29) is 27.8 Å². The molecule has 40 heavy (non-hydrogen) atoms. The largest absolute Gasteiger partial charge is 0.496 e. The van der Waals surface area contributed by atoms with Crippen LogP contribution in [0.1, 0.15) is 23.7 Å². The van der Waals surface area contributed by atoms with Gasteiger partial charge in [-0.1, -0.05) is 48.9 Å². The average molecular weight is 558 g/mol. The van der Waals surface area contributed by atoms with Crippen LogP contribution in [0.15, 0.2) is 81.6 Å². The molecule has 0 amide bonds. The highest BCUT2D eigenvalue weighted by atomic mass is 35.5. The predicted molar refractivity (Wildman–Crippen MR) is 151 cm³/mol. The second-order valence-corrected chi connectivity index (χ2v) is 10.2. The van der Waals surface area contributed by atoms with Crippen LogP contribution in [0.25, 0.3) is 22.1 Å². The van der Waals surface area contributed by atoms with Crippen molar-refractivity contribution in [3.8, 4) is 28.4 Å². The van der Waals surface area contributed by atoms with Crippen molar-refractivity contribution in [2.75, 3.05) is 19.5 Å². The molecule has 0 radical (unpaired) electrons. The molecular weight excluding hydrogens is 534 g/mol. The second kappa shape index (κ2) is 9.57. The minimum absolute atomic E-state index is 0.0785. The number of ketones is 2. The van der Waals surface area contributed by atoms with E-state index < -0.39 is 28.7 Å². The number of carbonyl (C=O) groups is 2. The first-order chi connectivity index (χ1) is 19.3. The van der Waals surface area contributed by atoms with Crippen LogP contribution in [0.3, 0.4) is 0 Å². The van der Waals surface area contributed by atoms with Crippen molar-refractivity contribution < 1.29 is 28.2 Å². The van der Waals surface area contributed by atoms with E-state index >= 15 is 0 Å². The van der Waals surface area contributed by atoms with Gasteiger partial charge in [-0.3, -0.25) is 9.59 Å². The fraction of sp³-hybridized carbons (Fsp3) is 0.194. The summed E-state index contributed by atoms with van der Waals surface area (Å²) in [6, 6.07) is 17.9. The molecule has 1 aliphatic heterocycles. The summed E-state index contributed by atoms with van der Waals surface area (Å²) in [7, 11) is 2.86. The zero-order valence-electron chi connectivity index (χ0n) is 21.9. The summed E-state index contributed by atoms with van der Waals surface area (Å²) in [4.78, 5) is 40.0. The molecule has 1 aliphatic carbocycles. The lowest BCUT2D eigenvalue weighted by Gasteiger charge is -2.35. The molecule has 6 rings (SSSR count). The molecule has 9 heteroatoms. The number of benzene rings is 3. The zero-order chi connectivity index (χ0) is 28.2. The van der Waals surface area contributed by atoms with Crippen LogP contribution in [0.4, 0.5) is 5.69 Å². The topological polar surface area (TPSA) is 104 Å². The fourth-order valence-corrected chi connectivity index (χ4v) is 5.69. The number of rotatable bonds is 5. The molecule has 0 fully saturated rings. The smallest absolute Gasteiger partial charge is 0.344 e. The molecule has 0 saturated carbocycles. The molecule has 2 aliphatic rings. The van der Waals surface area contributed by atoms with Gasteiger partial charge in [0.15, 0.2) is 5.75 Å². The van der Waals surface area contributed by atoms with Gasteiger partial charge < -0.3 is 23.9 Å². The summed E-state index contributed by atoms with van der Waals surface area (Å²) in [5.74, 6) is -0.956. The van der Waals surface area contributed by atoms with Crippen LogP contribution in [0.5, 0.6) is 17.2 Å². The lowest BCUT2D eigenvalue weighted by atomic mass is 9.74. The Balaban J connectivity index is 1.31. The third-order valence-corrected chi connectivity index (χ3v) is 7.79. The monoisotopic (exact) mass is 557 g/mol. The van der Waals surface area contributed by atoms with Crippen molar-refractivity contribution in [2.45, 2.75) is 18.9 Å². The number of hydrogen-bond acceptors (Lipinski definition) is 8. The summed E-state index contributed by atoms with van der Waals surface area (Å²) in [6.07, 6.45) is 1.73. The van der Waals surface area contributed by atoms with Crippen LogP contribution in [-0.2, 0) is 4.79 Å². The van der Waals surface area contributed by atoms with Crippen molar-refractivity contribution in [1.82, 2.24) is 0 Å². The van der Waals surface area contributed by atoms with Gasteiger partial charge >= 0.3 is 5.63 Å². The number of anilines is 1. The Morgan fingerprint density at radius 3 is 2.50 bits per heavy atom. The van der Waals surface area contributed by atoms with Gasteiger partial charge in [-0.15, -0.1) is 0 Å². The van der Waals surface area contributed by atoms with Gasteiger partial charge in [-0.05, 0) is 36.2 Å². The molecule has 0 saturated heterocycles. The molecule has 2 atom stereocenters. The average Bonchev–Trinajstić information content (AvgIpc) is 3.26. The highest BCUT2D eigenvalue weighted by Gasteiger charge is 2.60. The van der Waals surface area contributed by atoms with Gasteiger partial charge in [0.1, 0.15) is 27.7 Å². The summed E-state index contributed by atoms with van der Waals surface area (Å²) in [5, 5.41) is 4.19. The number of methoxy groups -OCH3 is 2. The molecule has 2 heterocycles. The minimum atomic E-state index is -1.76. The van der Waals surface area contributed by atoms with E-state index in [4.69, 9.17) is 30.2 Å². The molecule has 1 spiro atoms. The maximum Gasteiger partial charge on any atom is 0.344 e. The van der Waals surface area contributed by atoms with Crippen molar-refractivity contribution in [2.24, 2.45) is 5.92 Å². The summed E-state index contributed by atoms with van der Waals surface area (Å²) in [6.45, 7) is 1.78. The predicted octanol–water partition coefficient (Wildman–Crippen LogP) is 6.05. The van der Waals surface area contributed by atoms with Gasteiger partial charge in [0.25, 0.3) is 0 Å². The maximum atomic E-state index is 13.7. The highest BCUT2D eigenvalue weighted by molar-refractivity contribution is 6.36. The highest BCUT2D eigenvalue weighted by Crippen LogP contribution is 2.53. The Labute approximate surface area is 234 Å². The molecule has 1 aromatic heterocycles. The Hall–Kier alpha value is -4.56. The number of nitrogens with one attached hydrogen (secondary N) is 1. The number of ether oxygens (including phenoxy) is 3. The summed E-state index contributed by atoms with van der Waals surface area (Å²) in [5.41, 5.74) is 0.799. The van der Waals surface area contributed by atoms with E-state index in [0.717, 1.165) is 5.39 Å². The number of hydrogen-bond donors (Lipinski definition) is 1. The number of carbonyl (C=O) groups excluding carboxylic acids is 2. The van der Waals surface area contributed by atoms with E-state index in [1.807, 2.05) is 42.5 Å². The lowest BCUT2D eigenvalue weighted by Crippen LogP contribution is -2.55. The third-order valence-electron chi connectivity index (χ3n) is 7.43. The number of allylic oxidation sites excluding steroid dienone is 1. The molecular formula is C31H24ClNO7. The molecule has 8 nitrogen and oxygen atoms in total. The Morgan fingerprint density at radius 2 is 1.75 bits per heavy atom. The standard InChI is InChI=1S/C31H24ClNO7/c1-16-11-20(14-25(34)31(16)29(35)26-23(37-2)15-24(38-3)27(32)28(26)40-31)33-19-9-6-8-17(12-19)21-13-18-7-4-5-10-22(18)39-30(21)36/h4-10,12-16,33H,11H2,1-3H3/t16-,31+/m1/s1. The second-order valence-electron chi connectivity index (χ2n) is 9.80. The zero-order valence-corrected chi connectivity index (χ0v) is 22.6. The van der Waals surface area contributed by atoms with E-state index in [9.17, 15) is 14.4 Å². The van der Waals surface area contributed by atoms with Crippen molar-refractivity contribution in [3.05, 3.63) is 93.4 Å². The number of Topliss-reactive ketones (excluding diaryl/α,β-unsaturated/α-hetero) is 1. The van der Waals surface area contributed by atoms with Gasteiger partial charge in [0, 0.05) is 34.8 Å². The first kappa shape index (κ1) is 25.7. The summed E-state index contributed by atoms with van der Waals surface area (Å²) < 4.78 is 22.3. The lowest BCUT2D eigenvalue weighted by molar-refractivity contribution is -0.129. The van der Waals surface area contributed by atoms with Gasteiger partial charge in [0.05, 0.1) is 19.8 Å². The van der Waals surface area contributed by atoms with Crippen LogP contribution < -0.4 is 25.2 Å². The maximum absolute atomic E-state index is 13.7. The molecule has 3 aromatic carbocycles. The summed E-state index contributed by atoms with van der Waals surface area (Å²) >= 11 is 6.47. The van der Waals surface area contributed by atoms with E-state index in [2.05, 4.69) is 5.32 Å².